The van der Waals surface area contributed by atoms with Gasteiger partial charge in [-0.1, -0.05) is 13.8 Å². The average molecular weight is 225 g/mol. The largest absolute Gasteiger partial charge is 0.423 e. The standard InChI is InChI=1S/C11H19N3O2/c1-3-9-8(5-6-15-9)11-14-13-10(16-11)7-12-4-2/h8-9,12H,3-7H2,1-2H3. The maximum atomic E-state index is 5.64. The third kappa shape index (κ3) is 2.41. The van der Waals surface area contributed by atoms with E-state index in [-0.39, 0.29) is 12.0 Å². The fourth-order valence-corrected chi connectivity index (χ4v) is 2.05. The van der Waals surface area contributed by atoms with Crippen LogP contribution in [0.15, 0.2) is 4.42 Å². The first-order valence-electron chi connectivity index (χ1n) is 5.99. The van der Waals surface area contributed by atoms with Gasteiger partial charge in [0.05, 0.1) is 18.6 Å². The molecule has 1 aliphatic heterocycles. The molecule has 0 saturated carbocycles. The lowest BCUT2D eigenvalue weighted by Crippen LogP contribution is -2.13. The maximum absolute atomic E-state index is 5.64. The summed E-state index contributed by atoms with van der Waals surface area (Å²) in [6, 6.07) is 0. The summed E-state index contributed by atoms with van der Waals surface area (Å²) in [4.78, 5) is 0. The van der Waals surface area contributed by atoms with E-state index < -0.39 is 0 Å². The molecule has 16 heavy (non-hydrogen) atoms. The van der Waals surface area contributed by atoms with Gasteiger partial charge < -0.3 is 14.5 Å². The Balaban J connectivity index is 2.00. The van der Waals surface area contributed by atoms with Crippen molar-refractivity contribution in [2.45, 2.75) is 45.3 Å². The van der Waals surface area contributed by atoms with Crippen LogP contribution < -0.4 is 5.32 Å². The van der Waals surface area contributed by atoms with Gasteiger partial charge in [0.25, 0.3) is 0 Å². The van der Waals surface area contributed by atoms with Crippen molar-refractivity contribution in [3.63, 3.8) is 0 Å². The van der Waals surface area contributed by atoms with Crippen molar-refractivity contribution in [3.8, 4) is 0 Å². The molecule has 2 heterocycles. The summed E-state index contributed by atoms with van der Waals surface area (Å²) in [5.41, 5.74) is 0. The van der Waals surface area contributed by atoms with Crippen LogP contribution in [0.4, 0.5) is 0 Å². The molecule has 1 aromatic heterocycles. The maximum Gasteiger partial charge on any atom is 0.230 e. The molecule has 1 aromatic rings. The van der Waals surface area contributed by atoms with Gasteiger partial charge in [-0.05, 0) is 19.4 Å². The lowest BCUT2D eigenvalue weighted by molar-refractivity contribution is 0.0962. The summed E-state index contributed by atoms with van der Waals surface area (Å²) < 4.78 is 11.3. The zero-order valence-corrected chi connectivity index (χ0v) is 9.90. The Hall–Kier alpha value is -0.940. The highest BCUT2D eigenvalue weighted by Gasteiger charge is 2.32. The van der Waals surface area contributed by atoms with Crippen molar-refractivity contribution < 1.29 is 9.15 Å². The van der Waals surface area contributed by atoms with Crippen LogP contribution in [-0.2, 0) is 11.3 Å². The average Bonchev–Trinajstić information content (AvgIpc) is 2.94. The van der Waals surface area contributed by atoms with E-state index in [1.54, 1.807) is 0 Å². The van der Waals surface area contributed by atoms with E-state index in [1.165, 1.54) is 0 Å². The van der Waals surface area contributed by atoms with Gasteiger partial charge in [-0.15, -0.1) is 10.2 Å². The first-order valence-corrected chi connectivity index (χ1v) is 5.99. The normalized spacial score (nSPS) is 25.1. The molecule has 0 aromatic carbocycles. The van der Waals surface area contributed by atoms with Crippen LogP contribution in [-0.4, -0.2) is 29.5 Å². The molecule has 0 spiro atoms. The quantitative estimate of drug-likeness (QED) is 0.822. The van der Waals surface area contributed by atoms with E-state index in [0.29, 0.717) is 12.4 Å². The van der Waals surface area contributed by atoms with Crippen LogP contribution in [0.3, 0.4) is 0 Å². The molecule has 5 nitrogen and oxygen atoms in total. The summed E-state index contributed by atoms with van der Waals surface area (Å²) in [7, 11) is 0. The van der Waals surface area contributed by atoms with Crippen molar-refractivity contribution in [1.82, 2.24) is 15.5 Å². The van der Waals surface area contributed by atoms with Gasteiger partial charge in [0.15, 0.2) is 0 Å². The predicted molar refractivity (Wildman–Crippen MR) is 59.1 cm³/mol. The molecule has 1 saturated heterocycles. The molecule has 1 aliphatic rings. The zero-order chi connectivity index (χ0) is 11.4. The number of hydrogen-bond acceptors (Lipinski definition) is 5. The van der Waals surface area contributed by atoms with Crippen LogP contribution in [0.2, 0.25) is 0 Å². The molecule has 0 bridgehead atoms. The van der Waals surface area contributed by atoms with Gasteiger partial charge in [-0.3, -0.25) is 0 Å². The smallest absolute Gasteiger partial charge is 0.230 e. The van der Waals surface area contributed by atoms with Crippen molar-refractivity contribution in [1.29, 1.82) is 0 Å². The Morgan fingerprint density at radius 1 is 1.38 bits per heavy atom. The molecule has 90 valence electrons. The highest BCUT2D eigenvalue weighted by molar-refractivity contribution is 4.98. The molecule has 1 fully saturated rings. The van der Waals surface area contributed by atoms with Gasteiger partial charge in [0, 0.05) is 6.61 Å². The minimum atomic E-state index is 0.243. The lowest BCUT2D eigenvalue weighted by Gasteiger charge is -2.12. The molecule has 0 radical (unpaired) electrons. The SMILES string of the molecule is CCNCc1nnc(C2CCOC2CC)o1. The van der Waals surface area contributed by atoms with Gasteiger partial charge in [0.2, 0.25) is 11.8 Å². The fraction of sp³-hybridized carbons (Fsp3) is 0.818. The first-order chi connectivity index (χ1) is 7.85. The van der Waals surface area contributed by atoms with Gasteiger partial charge in [0.1, 0.15) is 0 Å². The molecule has 5 heteroatoms. The monoisotopic (exact) mass is 225 g/mol. The summed E-state index contributed by atoms with van der Waals surface area (Å²) in [5, 5.41) is 11.3. The van der Waals surface area contributed by atoms with Crippen LogP contribution in [0.1, 0.15) is 44.4 Å². The molecule has 1 N–H and O–H groups in total. The van der Waals surface area contributed by atoms with Gasteiger partial charge in [-0.25, -0.2) is 0 Å². The Kier molecular flexibility index (Phi) is 3.90. The second kappa shape index (κ2) is 5.41. The zero-order valence-electron chi connectivity index (χ0n) is 9.90. The van der Waals surface area contributed by atoms with E-state index in [2.05, 4.69) is 29.4 Å². The molecule has 2 atom stereocenters. The molecule has 2 unspecified atom stereocenters. The second-order valence-corrected chi connectivity index (χ2v) is 4.03. The van der Waals surface area contributed by atoms with Crippen molar-refractivity contribution in [2.24, 2.45) is 0 Å². The van der Waals surface area contributed by atoms with Crippen molar-refractivity contribution >= 4 is 0 Å². The number of rotatable bonds is 5. The topological polar surface area (TPSA) is 60.2 Å². The van der Waals surface area contributed by atoms with E-state index in [9.17, 15) is 0 Å². The molecule has 0 aliphatic carbocycles. The van der Waals surface area contributed by atoms with Crippen molar-refractivity contribution in [3.05, 3.63) is 11.8 Å². The third-order valence-electron chi connectivity index (χ3n) is 2.94. The molecular weight excluding hydrogens is 206 g/mol. The Morgan fingerprint density at radius 2 is 2.25 bits per heavy atom. The highest BCUT2D eigenvalue weighted by atomic mass is 16.5. The number of nitrogens with zero attached hydrogens (tertiary/aromatic N) is 2. The van der Waals surface area contributed by atoms with E-state index in [0.717, 1.165) is 31.9 Å². The molecule has 2 rings (SSSR count). The Bertz CT molecular complexity index is 327. The summed E-state index contributed by atoms with van der Waals surface area (Å²) >= 11 is 0. The second-order valence-electron chi connectivity index (χ2n) is 4.03. The number of aromatic nitrogens is 2. The summed E-state index contributed by atoms with van der Waals surface area (Å²) in [6.07, 6.45) is 2.23. The first kappa shape index (κ1) is 11.5. The predicted octanol–water partition coefficient (Wildman–Crippen LogP) is 1.46. The summed E-state index contributed by atoms with van der Waals surface area (Å²) in [6.45, 7) is 6.53. The molecular formula is C11H19N3O2. The van der Waals surface area contributed by atoms with Crippen LogP contribution in [0.5, 0.6) is 0 Å². The Labute approximate surface area is 95.6 Å². The number of nitrogens with one attached hydrogen (secondary N) is 1. The fourth-order valence-electron chi connectivity index (χ4n) is 2.05. The molecule has 0 amide bonds. The Morgan fingerprint density at radius 3 is 3.00 bits per heavy atom. The van der Waals surface area contributed by atoms with Gasteiger partial charge in [-0.2, -0.15) is 0 Å². The van der Waals surface area contributed by atoms with Crippen molar-refractivity contribution in [2.75, 3.05) is 13.2 Å². The van der Waals surface area contributed by atoms with E-state index in [4.69, 9.17) is 9.15 Å². The van der Waals surface area contributed by atoms with Gasteiger partial charge >= 0.3 is 0 Å². The highest BCUT2D eigenvalue weighted by Crippen LogP contribution is 2.31. The third-order valence-corrected chi connectivity index (χ3v) is 2.94. The van der Waals surface area contributed by atoms with Crippen LogP contribution >= 0.6 is 0 Å². The van der Waals surface area contributed by atoms with Crippen LogP contribution in [0, 0.1) is 0 Å². The lowest BCUT2D eigenvalue weighted by atomic mass is 10.00. The summed E-state index contributed by atoms with van der Waals surface area (Å²) in [5.74, 6) is 1.68. The number of hydrogen-bond donors (Lipinski definition) is 1. The van der Waals surface area contributed by atoms with E-state index in [1.807, 2.05) is 0 Å². The number of ether oxygens (including phenoxy) is 1. The minimum absolute atomic E-state index is 0.243. The van der Waals surface area contributed by atoms with Crippen LogP contribution in [0.25, 0.3) is 0 Å². The minimum Gasteiger partial charge on any atom is -0.423 e. The van der Waals surface area contributed by atoms with E-state index >= 15 is 0 Å².